The summed E-state index contributed by atoms with van der Waals surface area (Å²) in [6, 6.07) is 15.8. The summed E-state index contributed by atoms with van der Waals surface area (Å²) in [7, 11) is 0. The lowest BCUT2D eigenvalue weighted by Gasteiger charge is -2.12. The number of Topliss-reactive ketones (excluding diaryl/α,β-unsaturated/α-hetero) is 1. The maximum absolute atomic E-state index is 13.6. The summed E-state index contributed by atoms with van der Waals surface area (Å²) < 4.78 is 20.3. The molecule has 1 unspecified atom stereocenters. The Morgan fingerprint density at radius 2 is 1.79 bits per heavy atom. The van der Waals surface area contributed by atoms with Crippen molar-refractivity contribution < 1.29 is 23.8 Å². The molecule has 0 amide bonds. The van der Waals surface area contributed by atoms with Crippen molar-refractivity contribution in [3.8, 4) is 17.1 Å². The first-order valence-electron chi connectivity index (χ1n) is 11.3. The molecule has 0 saturated carbocycles. The number of hydrogen-bond acceptors (Lipinski definition) is 5. The van der Waals surface area contributed by atoms with Crippen LogP contribution in [0.4, 0.5) is 4.39 Å². The quantitative estimate of drug-likeness (QED) is 0.334. The number of ketones is 1. The fraction of sp³-hybridized carbons (Fsp3) is 0.296. The number of aromatic nitrogens is 2. The van der Waals surface area contributed by atoms with Crippen molar-refractivity contribution in [1.82, 2.24) is 9.55 Å². The molecule has 0 aliphatic rings. The van der Waals surface area contributed by atoms with Gasteiger partial charge in [0.25, 0.3) is 0 Å². The number of halogens is 1. The molecule has 0 radical (unpaired) electrons. The predicted molar refractivity (Wildman–Crippen MR) is 129 cm³/mol. The van der Waals surface area contributed by atoms with Gasteiger partial charge in [-0.1, -0.05) is 50.3 Å². The third-order valence-electron chi connectivity index (χ3n) is 5.17. The average molecular weight is 465 g/mol. The van der Waals surface area contributed by atoms with Crippen LogP contribution < -0.4 is 0 Å². The van der Waals surface area contributed by atoms with Gasteiger partial charge in [-0.3, -0.25) is 14.2 Å². The third-order valence-corrected chi connectivity index (χ3v) is 5.17. The minimum atomic E-state index is -1.08. The molecule has 1 atom stereocenters. The molecule has 1 aromatic heterocycles. The molecule has 1 heterocycles. The summed E-state index contributed by atoms with van der Waals surface area (Å²) in [6.07, 6.45) is 1.57. The summed E-state index contributed by atoms with van der Waals surface area (Å²) in [5.74, 6) is -0.610. The molecule has 7 heteroatoms. The Kier molecular flexibility index (Phi) is 8.49. The minimum Gasteiger partial charge on any atom is -0.466 e. The van der Waals surface area contributed by atoms with Crippen molar-refractivity contribution in [2.45, 2.75) is 45.6 Å². The van der Waals surface area contributed by atoms with Crippen molar-refractivity contribution in [1.29, 1.82) is 0 Å². The summed E-state index contributed by atoms with van der Waals surface area (Å²) in [5, 5.41) is 10.4. The molecular weight excluding hydrogens is 435 g/mol. The zero-order chi connectivity index (χ0) is 24.7. The lowest BCUT2D eigenvalue weighted by Crippen LogP contribution is -2.16. The van der Waals surface area contributed by atoms with Gasteiger partial charge >= 0.3 is 5.97 Å². The Labute approximate surface area is 198 Å². The summed E-state index contributed by atoms with van der Waals surface area (Å²) in [4.78, 5) is 28.5. The van der Waals surface area contributed by atoms with E-state index in [2.05, 4.69) is 0 Å². The monoisotopic (exact) mass is 464 g/mol. The Morgan fingerprint density at radius 1 is 1.12 bits per heavy atom. The number of ether oxygens (including phenoxy) is 1. The van der Waals surface area contributed by atoms with E-state index in [1.807, 2.05) is 48.7 Å². The number of imidazole rings is 1. The number of carbonyl (C=O) groups excluding carboxylic acids is 2. The van der Waals surface area contributed by atoms with E-state index in [0.717, 1.165) is 17.0 Å². The number of hydrogen-bond donors (Lipinski definition) is 1. The molecular formula is C27H29FN2O4. The van der Waals surface area contributed by atoms with Crippen LogP contribution in [0.25, 0.3) is 23.2 Å². The van der Waals surface area contributed by atoms with Crippen LogP contribution in [0.5, 0.6) is 0 Å². The molecule has 3 aromatic rings. The third kappa shape index (κ3) is 6.26. The van der Waals surface area contributed by atoms with Crippen LogP contribution in [0, 0.1) is 5.82 Å². The van der Waals surface area contributed by atoms with E-state index in [-0.39, 0.29) is 31.2 Å². The molecule has 6 nitrogen and oxygen atoms in total. The second-order valence-electron chi connectivity index (χ2n) is 8.19. The van der Waals surface area contributed by atoms with Gasteiger partial charge in [0.1, 0.15) is 23.8 Å². The number of aliphatic hydroxyl groups is 1. The normalized spacial score (nSPS) is 12.3. The summed E-state index contributed by atoms with van der Waals surface area (Å²) >= 11 is 0. The van der Waals surface area contributed by atoms with E-state index < -0.39 is 17.9 Å². The van der Waals surface area contributed by atoms with E-state index in [4.69, 9.17) is 9.72 Å². The molecule has 1 N–H and O–H groups in total. The van der Waals surface area contributed by atoms with E-state index in [1.54, 1.807) is 25.1 Å². The number of esters is 1. The Bertz CT molecular complexity index is 1150. The van der Waals surface area contributed by atoms with E-state index in [0.29, 0.717) is 11.5 Å². The zero-order valence-corrected chi connectivity index (χ0v) is 19.6. The highest BCUT2D eigenvalue weighted by Crippen LogP contribution is 2.31. The van der Waals surface area contributed by atoms with E-state index >= 15 is 0 Å². The molecule has 0 aliphatic heterocycles. The Hall–Kier alpha value is -3.58. The van der Waals surface area contributed by atoms with E-state index in [9.17, 15) is 19.1 Å². The van der Waals surface area contributed by atoms with Gasteiger partial charge in [0.05, 0.1) is 24.1 Å². The second kappa shape index (κ2) is 11.5. The highest BCUT2D eigenvalue weighted by atomic mass is 19.1. The van der Waals surface area contributed by atoms with Crippen LogP contribution in [0.1, 0.15) is 50.9 Å². The van der Waals surface area contributed by atoms with Crippen molar-refractivity contribution in [3.05, 3.63) is 77.9 Å². The number of nitrogens with zero attached hydrogens (tertiary/aromatic N) is 2. The topological polar surface area (TPSA) is 81.4 Å². The Balaban J connectivity index is 2.00. The molecule has 0 saturated heterocycles. The maximum Gasteiger partial charge on any atom is 0.313 e. The van der Waals surface area contributed by atoms with Gasteiger partial charge in [0.2, 0.25) is 0 Å². The van der Waals surface area contributed by atoms with Gasteiger partial charge in [-0.05, 0) is 43.2 Å². The van der Waals surface area contributed by atoms with Crippen LogP contribution in [-0.2, 0) is 14.3 Å². The highest BCUT2D eigenvalue weighted by molar-refractivity contribution is 5.95. The van der Waals surface area contributed by atoms with Crippen molar-refractivity contribution in [2.24, 2.45) is 0 Å². The fourth-order valence-electron chi connectivity index (χ4n) is 3.62. The predicted octanol–water partition coefficient (Wildman–Crippen LogP) is 5.09. The lowest BCUT2D eigenvalue weighted by atomic mass is 10.1. The molecule has 3 rings (SSSR count). The van der Waals surface area contributed by atoms with Crippen molar-refractivity contribution in [3.63, 3.8) is 0 Å². The van der Waals surface area contributed by atoms with Gasteiger partial charge in [-0.25, -0.2) is 9.37 Å². The molecule has 0 bridgehead atoms. The number of aliphatic hydroxyl groups excluding tert-OH is 1. The first kappa shape index (κ1) is 25.1. The van der Waals surface area contributed by atoms with Crippen LogP contribution in [0.3, 0.4) is 0 Å². The van der Waals surface area contributed by atoms with Gasteiger partial charge in [-0.2, -0.15) is 0 Å². The smallest absolute Gasteiger partial charge is 0.313 e. The zero-order valence-electron chi connectivity index (χ0n) is 19.6. The highest BCUT2D eigenvalue weighted by Gasteiger charge is 2.21. The SMILES string of the molecule is CCOC(=O)CC(=O)CC(O)C=Cc1c(C(C)C)nc(-c2ccccc2)n1-c1ccc(F)cc1. The first-order valence-corrected chi connectivity index (χ1v) is 11.3. The summed E-state index contributed by atoms with van der Waals surface area (Å²) in [5.41, 5.74) is 3.12. The molecule has 0 spiro atoms. The van der Waals surface area contributed by atoms with Crippen LogP contribution in [0.2, 0.25) is 0 Å². The first-order chi connectivity index (χ1) is 16.3. The van der Waals surface area contributed by atoms with Crippen LogP contribution in [-0.4, -0.2) is 39.1 Å². The van der Waals surface area contributed by atoms with E-state index in [1.165, 1.54) is 18.2 Å². The lowest BCUT2D eigenvalue weighted by molar-refractivity contribution is -0.145. The minimum absolute atomic E-state index is 0.0615. The molecule has 0 aliphatic carbocycles. The largest absolute Gasteiger partial charge is 0.466 e. The van der Waals surface area contributed by atoms with Crippen LogP contribution >= 0.6 is 0 Å². The number of carbonyl (C=O) groups is 2. The number of benzene rings is 2. The average Bonchev–Trinajstić information content (AvgIpc) is 3.18. The van der Waals surface area contributed by atoms with Crippen LogP contribution in [0.15, 0.2) is 60.7 Å². The Morgan fingerprint density at radius 3 is 2.41 bits per heavy atom. The molecule has 34 heavy (non-hydrogen) atoms. The van der Waals surface area contributed by atoms with Gasteiger partial charge in [-0.15, -0.1) is 0 Å². The number of rotatable bonds is 10. The van der Waals surface area contributed by atoms with Gasteiger partial charge < -0.3 is 9.84 Å². The maximum atomic E-state index is 13.6. The van der Waals surface area contributed by atoms with Gasteiger partial charge in [0.15, 0.2) is 0 Å². The molecule has 178 valence electrons. The fourth-order valence-corrected chi connectivity index (χ4v) is 3.62. The molecule has 0 fully saturated rings. The summed E-state index contributed by atoms with van der Waals surface area (Å²) in [6.45, 7) is 5.90. The molecule has 2 aromatic carbocycles. The standard InChI is InChI=1S/C27H29FN2O4/c1-4-34-25(33)17-23(32)16-22(31)14-15-24-26(18(2)3)29-27(19-8-6-5-7-9-19)30(24)21-12-10-20(28)11-13-21/h5-15,18,22,31H,4,16-17H2,1-3H3. The van der Waals surface area contributed by atoms with Gasteiger partial charge in [0, 0.05) is 17.7 Å². The van der Waals surface area contributed by atoms with Crippen molar-refractivity contribution >= 4 is 17.8 Å². The van der Waals surface area contributed by atoms with Crippen molar-refractivity contribution in [2.75, 3.05) is 6.61 Å². The second-order valence-corrected chi connectivity index (χ2v) is 8.19.